The molecular formula is C21H22N2O7. The number of imide groups is 1. The van der Waals surface area contributed by atoms with E-state index in [1.54, 1.807) is 0 Å². The lowest BCUT2D eigenvalue weighted by Gasteiger charge is -2.19. The number of carbonyl (C=O) groups is 5. The van der Waals surface area contributed by atoms with Crippen molar-refractivity contribution in [2.45, 2.75) is 19.3 Å². The number of esters is 2. The van der Waals surface area contributed by atoms with Gasteiger partial charge in [-0.15, -0.1) is 0 Å². The van der Waals surface area contributed by atoms with Gasteiger partial charge in [0.15, 0.2) is 6.61 Å². The van der Waals surface area contributed by atoms with Crippen molar-refractivity contribution in [1.82, 2.24) is 4.90 Å². The molecule has 2 aliphatic carbocycles. The van der Waals surface area contributed by atoms with Crippen LogP contribution in [0.2, 0.25) is 0 Å². The van der Waals surface area contributed by atoms with Gasteiger partial charge in [0.25, 0.3) is 5.91 Å². The van der Waals surface area contributed by atoms with Gasteiger partial charge in [-0.25, -0.2) is 4.79 Å². The number of nitrogens with zero attached hydrogens (tertiary/aromatic N) is 1. The Bertz CT molecular complexity index is 882. The summed E-state index contributed by atoms with van der Waals surface area (Å²) in [5, 5.41) is 2.53. The number of fused-ring (bicyclic) bond motifs is 5. The Balaban J connectivity index is 1.26. The minimum Gasteiger partial charge on any atom is -0.465 e. The Hall–Kier alpha value is -3.23. The zero-order chi connectivity index (χ0) is 21.4. The molecule has 3 amide bonds. The molecule has 3 aliphatic rings. The molecule has 2 bridgehead atoms. The molecule has 0 aromatic heterocycles. The molecular weight excluding hydrogens is 392 g/mol. The number of anilines is 1. The third-order valence-corrected chi connectivity index (χ3v) is 6.26. The molecule has 158 valence electrons. The molecule has 30 heavy (non-hydrogen) atoms. The largest absolute Gasteiger partial charge is 0.465 e. The van der Waals surface area contributed by atoms with E-state index in [0.29, 0.717) is 11.3 Å². The molecule has 1 aromatic carbocycles. The van der Waals surface area contributed by atoms with Gasteiger partial charge in [0.05, 0.1) is 24.5 Å². The molecule has 9 heteroatoms. The second-order valence-corrected chi connectivity index (χ2v) is 7.93. The van der Waals surface area contributed by atoms with Gasteiger partial charge in [-0.3, -0.25) is 24.1 Å². The summed E-state index contributed by atoms with van der Waals surface area (Å²) in [5.74, 6) is -2.55. The normalized spacial score (nSPS) is 26.5. The molecule has 1 aromatic rings. The quantitative estimate of drug-likeness (QED) is 0.544. The number of hydrogen-bond acceptors (Lipinski definition) is 7. The summed E-state index contributed by atoms with van der Waals surface area (Å²) in [7, 11) is 1.27. The lowest BCUT2D eigenvalue weighted by molar-refractivity contribution is -0.154. The van der Waals surface area contributed by atoms with Crippen molar-refractivity contribution in [2.24, 2.45) is 23.7 Å². The molecule has 0 radical (unpaired) electrons. The maximum absolute atomic E-state index is 12.6. The Morgan fingerprint density at radius 2 is 1.63 bits per heavy atom. The number of nitrogens with one attached hydrogen (secondary N) is 1. The topological polar surface area (TPSA) is 119 Å². The van der Waals surface area contributed by atoms with E-state index in [4.69, 9.17) is 4.74 Å². The first-order valence-corrected chi connectivity index (χ1v) is 9.88. The van der Waals surface area contributed by atoms with Crippen molar-refractivity contribution in [1.29, 1.82) is 0 Å². The molecule has 4 rings (SSSR count). The molecule has 9 nitrogen and oxygen atoms in total. The zero-order valence-electron chi connectivity index (χ0n) is 16.5. The highest BCUT2D eigenvalue weighted by Crippen LogP contribution is 2.56. The summed E-state index contributed by atoms with van der Waals surface area (Å²) in [6, 6.07) is 6.01. The van der Waals surface area contributed by atoms with Crippen molar-refractivity contribution in [3.05, 3.63) is 29.8 Å². The second kappa shape index (κ2) is 7.89. The first-order chi connectivity index (χ1) is 14.4. The monoisotopic (exact) mass is 414 g/mol. The van der Waals surface area contributed by atoms with E-state index in [-0.39, 0.29) is 35.5 Å². The molecule has 2 saturated carbocycles. The number of methoxy groups -OCH3 is 1. The van der Waals surface area contributed by atoms with Crippen molar-refractivity contribution in [3.8, 4) is 0 Å². The molecule has 3 fully saturated rings. The van der Waals surface area contributed by atoms with E-state index in [9.17, 15) is 24.0 Å². The van der Waals surface area contributed by atoms with Gasteiger partial charge < -0.3 is 14.8 Å². The highest BCUT2D eigenvalue weighted by Gasteiger charge is 2.61. The van der Waals surface area contributed by atoms with Gasteiger partial charge >= 0.3 is 11.9 Å². The first kappa shape index (κ1) is 20.1. The maximum atomic E-state index is 12.6. The number of rotatable bonds is 6. The molecule has 0 spiro atoms. The number of benzene rings is 1. The molecule has 1 saturated heterocycles. The van der Waals surface area contributed by atoms with Crippen LogP contribution in [0.4, 0.5) is 5.69 Å². The Morgan fingerprint density at radius 3 is 2.20 bits per heavy atom. The number of hydrogen-bond donors (Lipinski definition) is 1. The van der Waals surface area contributed by atoms with Crippen LogP contribution in [-0.4, -0.2) is 54.8 Å². The summed E-state index contributed by atoms with van der Waals surface area (Å²) in [6.45, 7) is -1.02. The predicted octanol–water partition coefficient (Wildman–Crippen LogP) is 0.986. The smallest absolute Gasteiger partial charge is 0.337 e. The summed E-state index contributed by atoms with van der Waals surface area (Å²) in [4.78, 5) is 61.6. The minimum atomic E-state index is -0.805. The standard InChI is InChI=1S/C21H22N2O7/c1-29-21(28)11-4-6-14(7-5-11)22-15(24)10-30-16(25)9-23-19(26)17-12-2-3-13(8-12)18(17)20(23)27/h4-7,12-13,17-18H,2-3,8-10H2,1H3,(H,22,24)/t12-,13-,17+,18+/m0/s1. The minimum absolute atomic E-state index is 0.244. The summed E-state index contributed by atoms with van der Waals surface area (Å²) >= 11 is 0. The van der Waals surface area contributed by atoms with Crippen LogP contribution in [0.25, 0.3) is 0 Å². The molecule has 0 unspecified atom stereocenters. The summed E-state index contributed by atoms with van der Waals surface area (Å²) in [5.41, 5.74) is 0.747. The van der Waals surface area contributed by atoms with Crippen LogP contribution < -0.4 is 5.32 Å². The van der Waals surface area contributed by atoms with Crippen LogP contribution in [-0.2, 0) is 28.7 Å². The lowest BCUT2D eigenvalue weighted by Crippen LogP contribution is -2.38. The lowest BCUT2D eigenvalue weighted by atomic mass is 9.81. The van der Waals surface area contributed by atoms with E-state index < -0.39 is 31.0 Å². The van der Waals surface area contributed by atoms with Crippen LogP contribution in [0.3, 0.4) is 0 Å². The third kappa shape index (κ3) is 3.55. The van der Waals surface area contributed by atoms with E-state index >= 15 is 0 Å². The van der Waals surface area contributed by atoms with Gasteiger partial charge in [0, 0.05) is 5.69 Å². The fourth-order valence-corrected chi connectivity index (χ4v) is 4.95. The fraction of sp³-hybridized carbons (Fsp3) is 0.476. The van der Waals surface area contributed by atoms with Gasteiger partial charge in [-0.2, -0.15) is 0 Å². The van der Waals surface area contributed by atoms with Crippen LogP contribution in [0, 0.1) is 23.7 Å². The van der Waals surface area contributed by atoms with Gasteiger partial charge in [0.2, 0.25) is 11.8 Å². The number of likely N-dealkylation sites (tertiary alicyclic amines) is 1. The second-order valence-electron chi connectivity index (χ2n) is 7.93. The van der Waals surface area contributed by atoms with E-state index in [0.717, 1.165) is 24.2 Å². The first-order valence-electron chi connectivity index (χ1n) is 9.88. The highest BCUT2D eigenvalue weighted by atomic mass is 16.5. The molecule has 4 atom stereocenters. The Morgan fingerprint density at radius 1 is 1.03 bits per heavy atom. The predicted molar refractivity (Wildman–Crippen MR) is 102 cm³/mol. The maximum Gasteiger partial charge on any atom is 0.337 e. The number of carbonyl (C=O) groups excluding carboxylic acids is 5. The molecule has 1 N–H and O–H groups in total. The summed E-state index contributed by atoms with van der Waals surface area (Å²) < 4.78 is 9.53. The van der Waals surface area contributed by atoms with E-state index in [2.05, 4.69) is 10.1 Å². The SMILES string of the molecule is COC(=O)c1ccc(NC(=O)COC(=O)CN2C(=O)[C@@H]3[C@H]4CC[C@@H](C4)[C@H]3C2=O)cc1. The average Bonchev–Trinajstić information content (AvgIpc) is 3.42. The van der Waals surface area contributed by atoms with Crippen LogP contribution >= 0.6 is 0 Å². The number of ether oxygens (including phenoxy) is 2. The summed E-state index contributed by atoms with van der Waals surface area (Å²) in [6.07, 6.45) is 2.85. The van der Waals surface area contributed by atoms with Crippen molar-refractivity contribution >= 4 is 35.3 Å². The van der Waals surface area contributed by atoms with Crippen molar-refractivity contribution < 1.29 is 33.4 Å². The molecule has 1 aliphatic heterocycles. The Kier molecular flexibility index (Phi) is 5.27. The van der Waals surface area contributed by atoms with Crippen LogP contribution in [0.5, 0.6) is 0 Å². The van der Waals surface area contributed by atoms with Crippen molar-refractivity contribution in [3.63, 3.8) is 0 Å². The number of amides is 3. The van der Waals surface area contributed by atoms with Crippen LogP contribution in [0.15, 0.2) is 24.3 Å². The zero-order valence-corrected chi connectivity index (χ0v) is 16.5. The Labute approximate surface area is 172 Å². The van der Waals surface area contributed by atoms with Gasteiger partial charge in [0.1, 0.15) is 6.54 Å². The van der Waals surface area contributed by atoms with Crippen molar-refractivity contribution in [2.75, 3.05) is 25.6 Å². The molecule has 1 heterocycles. The third-order valence-electron chi connectivity index (χ3n) is 6.26. The van der Waals surface area contributed by atoms with Gasteiger partial charge in [-0.1, -0.05) is 0 Å². The van der Waals surface area contributed by atoms with E-state index in [1.807, 2.05) is 0 Å². The van der Waals surface area contributed by atoms with Crippen LogP contribution in [0.1, 0.15) is 29.6 Å². The fourth-order valence-electron chi connectivity index (χ4n) is 4.95. The van der Waals surface area contributed by atoms with E-state index in [1.165, 1.54) is 31.4 Å². The highest BCUT2D eigenvalue weighted by molar-refractivity contribution is 6.08. The average molecular weight is 414 g/mol. The van der Waals surface area contributed by atoms with Gasteiger partial charge in [-0.05, 0) is 55.4 Å².